The fourth-order valence-corrected chi connectivity index (χ4v) is 1.55. The third-order valence-corrected chi connectivity index (χ3v) is 2.60. The van der Waals surface area contributed by atoms with Crippen LogP contribution in [0.15, 0.2) is 18.2 Å². The van der Waals surface area contributed by atoms with Gasteiger partial charge in [-0.1, -0.05) is 11.6 Å². The standard InChI is InChI=1S/C14H18ClFN2O3/c1-8(17-13(20)21-14(2,3)4)12(19)18-9-5-6-11(16)10(15)7-9/h5-8H,1-4H3,(H,17,20)(H,18,19)/t8-/m1/s1. The zero-order valence-corrected chi connectivity index (χ0v) is 13.0. The SMILES string of the molecule is C[C@@H](NC(=O)OC(C)(C)C)C(=O)Nc1ccc(F)c(Cl)c1. The third kappa shape index (κ3) is 5.99. The molecular weight excluding hydrogens is 299 g/mol. The molecule has 0 bridgehead atoms. The van der Waals surface area contributed by atoms with Gasteiger partial charge in [0.1, 0.15) is 17.5 Å². The topological polar surface area (TPSA) is 67.4 Å². The van der Waals surface area contributed by atoms with E-state index in [1.165, 1.54) is 19.1 Å². The molecule has 0 saturated carbocycles. The minimum absolute atomic E-state index is 0.0967. The molecule has 0 spiro atoms. The minimum Gasteiger partial charge on any atom is -0.444 e. The highest BCUT2D eigenvalue weighted by Gasteiger charge is 2.21. The van der Waals surface area contributed by atoms with Gasteiger partial charge in [0, 0.05) is 5.69 Å². The molecule has 2 N–H and O–H groups in total. The van der Waals surface area contributed by atoms with Gasteiger partial charge in [-0.3, -0.25) is 4.79 Å². The molecule has 0 unspecified atom stereocenters. The van der Waals surface area contributed by atoms with Gasteiger partial charge in [0.05, 0.1) is 5.02 Å². The maximum atomic E-state index is 13.0. The molecule has 7 heteroatoms. The van der Waals surface area contributed by atoms with Crippen molar-refractivity contribution in [1.29, 1.82) is 0 Å². The molecule has 116 valence electrons. The zero-order chi connectivity index (χ0) is 16.2. The van der Waals surface area contributed by atoms with Crippen LogP contribution in [0.4, 0.5) is 14.9 Å². The molecule has 0 aliphatic rings. The average molecular weight is 317 g/mol. The summed E-state index contributed by atoms with van der Waals surface area (Å²) in [6.07, 6.45) is -0.692. The summed E-state index contributed by atoms with van der Waals surface area (Å²) < 4.78 is 18.0. The number of benzene rings is 1. The second-order valence-electron chi connectivity index (χ2n) is 5.49. The van der Waals surface area contributed by atoms with Crippen molar-refractivity contribution in [2.75, 3.05) is 5.32 Å². The summed E-state index contributed by atoms with van der Waals surface area (Å²) in [5.41, 5.74) is -0.311. The van der Waals surface area contributed by atoms with Gasteiger partial charge in [-0.05, 0) is 45.9 Å². The Hall–Kier alpha value is -1.82. The number of ether oxygens (including phenoxy) is 1. The van der Waals surface area contributed by atoms with Crippen LogP contribution >= 0.6 is 11.6 Å². The predicted octanol–water partition coefficient (Wildman–Crippen LogP) is 3.33. The van der Waals surface area contributed by atoms with Crippen molar-refractivity contribution < 1.29 is 18.7 Å². The van der Waals surface area contributed by atoms with Gasteiger partial charge in [-0.15, -0.1) is 0 Å². The van der Waals surface area contributed by atoms with E-state index in [1.54, 1.807) is 20.8 Å². The van der Waals surface area contributed by atoms with Crippen molar-refractivity contribution in [3.63, 3.8) is 0 Å². The first-order chi connectivity index (χ1) is 9.58. The van der Waals surface area contributed by atoms with Gasteiger partial charge >= 0.3 is 6.09 Å². The lowest BCUT2D eigenvalue weighted by Gasteiger charge is -2.21. The Kier molecular flexibility index (Phi) is 5.54. The zero-order valence-electron chi connectivity index (χ0n) is 12.3. The quantitative estimate of drug-likeness (QED) is 0.898. The molecule has 2 amide bonds. The summed E-state index contributed by atoms with van der Waals surface area (Å²) >= 11 is 5.62. The summed E-state index contributed by atoms with van der Waals surface area (Å²) in [4.78, 5) is 23.4. The summed E-state index contributed by atoms with van der Waals surface area (Å²) in [5.74, 6) is -1.04. The molecule has 1 rings (SSSR count). The first-order valence-corrected chi connectivity index (χ1v) is 6.72. The first kappa shape index (κ1) is 17.2. The Morgan fingerprint density at radius 2 is 1.95 bits per heavy atom. The highest BCUT2D eigenvalue weighted by atomic mass is 35.5. The number of amides is 2. The van der Waals surface area contributed by atoms with Gasteiger partial charge in [0.2, 0.25) is 5.91 Å². The molecule has 0 aliphatic heterocycles. The molecule has 0 fully saturated rings. The molecule has 0 aromatic heterocycles. The lowest BCUT2D eigenvalue weighted by molar-refractivity contribution is -0.117. The third-order valence-electron chi connectivity index (χ3n) is 2.31. The average Bonchev–Trinajstić information content (AvgIpc) is 2.31. The van der Waals surface area contributed by atoms with Crippen LogP contribution in [0.1, 0.15) is 27.7 Å². The van der Waals surface area contributed by atoms with Crippen molar-refractivity contribution >= 4 is 29.3 Å². The van der Waals surface area contributed by atoms with Crippen LogP contribution in [-0.4, -0.2) is 23.6 Å². The molecule has 1 aromatic rings. The number of rotatable bonds is 3. The van der Waals surface area contributed by atoms with E-state index >= 15 is 0 Å². The summed E-state index contributed by atoms with van der Waals surface area (Å²) in [6.45, 7) is 6.66. The predicted molar refractivity (Wildman–Crippen MR) is 78.9 cm³/mol. The number of hydrogen-bond acceptors (Lipinski definition) is 3. The number of halogens is 2. The van der Waals surface area contributed by atoms with Gasteiger partial charge in [0.25, 0.3) is 0 Å². The molecular formula is C14H18ClFN2O3. The van der Waals surface area contributed by atoms with E-state index in [2.05, 4.69) is 10.6 Å². The number of anilines is 1. The van der Waals surface area contributed by atoms with E-state index in [9.17, 15) is 14.0 Å². The van der Waals surface area contributed by atoms with E-state index in [0.29, 0.717) is 5.69 Å². The largest absolute Gasteiger partial charge is 0.444 e. The maximum Gasteiger partial charge on any atom is 0.408 e. The number of alkyl carbamates (subject to hydrolysis) is 1. The maximum absolute atomic E-state index is 13.0. The van der Waals surface area contributed by atoms with Crippen LogP contribution in [0.2, 0.25) is 5.02 Å². The molecule has 0 heterocycles. The number of nitrogens with one attached hydrogen (secondary N) is 2. The van der Waals surface area contributed by atoms with Crippen LogP contribution in [0.3, 0.4) is 0 Å². The van der Waals surface area contributed by atoms with Crippen LogP contribution in [0.25, 0.3) is 0 Å². The lowest BCUT2D eigenvalue weighted by Crippen LogP contribution is -2.43. The Morgan fingerprint density at radius 1 is 1.33 bits per heavy atom. The first-order valence-electron chi connectivity index (χ1n) is 6.34. The molecule has 0 aliphatic carbocycles. The fourth-order valence-electron chi connectivity index (χ4n) is 1.37. The van der Waals surface area contributed by atoms with E-state index in [4.69, 9.17) is 16.3 Å². The summed E-state index contributed by atoms with van der Waals surface area (Å²) in [6, 6.07) is 2.99. The Labute approximate surface area is 127 Å². The van der Waals surface area contributed by atoms with Crippen LogP contribution in [0.5, 0.6) is 0 Å². The smallest absolute Gasteiger partial charge is 0.408 e. The molecule has 0 radical (unpaired) electrons. The number of hydrogen-bond donors (Lipinski definition) is 2. The van der Waals surface area contributed by atoms with Crippen molar-refractivity contribution in [2.45, 2.75) is 39.3 Å². The van der Waals surface area contributed by atoms with Crippen molar-refractivity contribution in [3.05, 3.63) is 29.0 Å². The molecule has 0 saturated heterocycles. The minimum atomic E-state index is -0.816. The van der Waals surface area contributed by atoms with Crippen LogP contribution in [-0.2, 0) is 9.53 Å². The van der Waals surface area contributed by atoms with Gasteiger partial charge in [0.15, 0.2) is 0 Å². The molecule has 1 aromatic carbocycles. The van der Waals surface area contributed by atoms with Crippen molar-refractivity contribution in [3.8, 4) is 0 Å². The van der Waals surface area contributed by atoms with Gasteiger partial charge < -0.3 is 15.4 Å². The Morgan fingerprint density at radius 3 is 2.48 bits per heavy atom. The highest BCUT2D eigenvalue weighted by Crippen LogP contribution is 2.19. The van der Waals surface area contributed by atoms with Crippen molar-refractivity contribution in [2.24, 2.45) is 0 Å². The highest BCUT2D eigenvalue weighted by molar-refractivity contribution is 6.31. The lowest BCUT2D eigenvalue weighted by atomic mass is 10.2. The van der Waals surface area contributed by atoms with Crippen molar-refractivity contribution in [1.82, 2.24) is 5.32 Å². The van der Waals surface area contributed by atoms with E-state index in [-0.39, 0.29) is 5.02 Å². The number of carbonyl (C=O) groups excluding carboxylic acids is 2. The summed E-state index contributed by atoms with van der Waals surface area (Å²) in [7, 11) is 0. The second kappa shape index (κ2) is 6.76. The van der Waals surface area contributed by atoms with Crippen LogP contribution in [0, 0.1) is 5.82 Å². The van der Waals surface area contributed by atoms with Gasteiger partial charge in [-0.25, -0.2) is 9.18 Å². The van der Waals surface area contributed by atoms with Crippen LogP contribution < -0.4 is 10.6 Å². The summed E-state index contributed by atoms with van der Waals surface area (Å²) in [5, 5.41) is 4.82. The van der Waals surface area contributed by atoms with E-state index in [1.807, 2.05) is 0 Å². The monoisotopic (exact) mass is 316 g/mol. The Balaban J connectivity index is 2.58. The molecule has 5 nitrogen and oxygen atoms in total. The normalized spacial score (nSPS) is 12.5. The van der Waals surface area contributed by atoms with E-state index in [0.717, 1.165) is 6.07 Å². The molecule has 21 heavy (non-hydrogen) atoms. The number of carbonyl (C=O) groups is 2. The van der Waals surface area contributed by atoms with Gasteiger partial charge in [-0.2, -0.15) is 0 Å². The van der Waals surface area contributed by atoms with E-state index < -0.39 is 29.5 Å². The Bertz CT molecular complexity index is 544. The second-order valence-corrected chi connectivity index (χ2v) is 5.89. The fraction of sp³-hybridized carbons (Fsp3) is 0.429. The molecule has 1 atom stereocenters.